The summed E-state index contributed by atoms with van der Waals surface area (Å²) in [6, 6.07) is 8.38. The number of oxime groups is 1. The van der Waals surface area contributed by atoms with Gasteiger partial charge in [0.25, 0.3) is 0 Å². The molecule has 0 amide bonds. The molecule has 2 nitrogen and oxygen atoms in total. The van der Waals surface area contributed by atoms with Gasteiger partial charge >= 0.3 is 0 Å². The van der Waals surface area contributed by atoms with E-state index in [0.717, 1.165) is 24.1 Å². The highest BCUT2D eigenvalue weighted by Crippen LogP contribution is 2.33. The van der Waals surface area contributed by atoms with E-state index in [9.17, 15) is 0 Å². The van der Waals surface area contributed by atoms with Crippen molar-refractivity contribution in [3.8, 4) is 0 Å². The van der Waals surface area contributed by atoms with Gasteiger partial charge in [-0.1, -0.05) is 50.2 Å². The zero-order chi connectivity index (χ0) is 11.8. The van der Waals surface area contributed by atoms with E-state index in [0.29, 0.717) is 5.92 Å². The van der Waals surface area contributed by atoms with E-state index in [4.69, 9.17) is 5.21 Å². The molecule has 0 atom stereocenters. The van der Waals surface area contributed by atoms with E-state index in [1.165, 1.54) is 5.56 Å². The van der Waals surface area contributed by atoms with Crippen LogP contribution in [0.4, 0.5) is 0 Å². The molecule has 0 unspecified atom stereocenters. The van der Waals surface area contributed by atoms with Crippen molar-refractivity contribution in [3.63, 3.8) is 0 Å². The van der Waals surface area contributed by atoms with Crippen molar-refractivity contribution in [3.05, 3.63) is 35.4 Å². The molecule has 0 aromatic heterocycles. The van der Waals surface area contributed by atoms with Gasteiger partial charge in [-0.25, -0.2) is 0 Å². The second-order valence-electron chi connectivity index (χ2n) is 5.59. The van der Waals surface area contributed by atoms with Crippen LogP contribution in [0.15, 0.2) is 29.4 Å². The first-order valence-corrected chi connectivity index (χ1v) is 5.85. The summed E-state index contributed by atoms with van der Waals surface area (Å²) < 4.78 is 0. The third-order valence-electron chi connectivity index (χ3n) is 3.12. The molecule has 1 aromatic carbocycles. The first kappa shape index (κ1) is 11.2. The van der Waals surface area contributed by atoms with Gasteiger partial charge in [-0.3, -0.25) is 0 Å². The summed E-state index contributed by atoms with van der Waals surface area (Å²) >= 11 is 0. The molecule has 1 aromatic rings. The molecule has 0 radical (unpaired) electrons. The molecule has 0 saturated heterocycles. The molecule has 1 saturated carbocycles. The fraction of sp³-hybridized carbons (Fsp3) is 0.500. The number of rotatable bonds is 2. The van der Waals surface area contributed by atoms with E-state index in [2.05, 4.69) is 50.2 Å². The van der Waals surface area contributed by atoms with Gasteiger partial charge in [0.2, 0.25) is 0 Å². The van der Waals surface area contributed by atoms with Gasteiger partial charge in [-0.15, -0.1) is 0 Å². The average molecular weight is 217 g/mol. The summed E-state index contributed by atoms with van der Waals surface area (Å²) in [6.07, 6.45) is 2.31. The molecule has 86 valence electrons. The van der Waals surface area contributed by atoms with Crippen LogP contribution in [0.1, 0.15) is 44.7 Å². The Morgan fingerprint density at radius 2 is 1.75 bits per heavy atom. The molecule has 1 aliphatic carbocycles. The first-order valence-electron chi connectivity index (χ1n) is 5.85. The van der Waals surface area contributed by atoms with Gasteiger partial charge < -0.3 is 5.21 Å². The van der Waals surface area contributed by atoms with Crippen LogP contribution in [0.5, 0.6) is 0 Å². The molecule has 1 fully saturated rings. The van der Waals surface area contributed by atoms with Crippen LogP contribution < -0.4 is 0 Å². The molecular formula is C14H19NO. The number of hydrogen-bond acceptors (Lipinski definition) is 2. The van der Waals surface area contributed by atoms with E-state index < -0.39 is 0 Å². The van der Waals surface area contributed by atoms with Gasteiger partial charge in [-0.2, -0.15) is 0 Å². The lowest BCUT2D eigenvalue weighted by atomic mass is 9.86. The van der Waals surface area contributed by atoms with Crippen molar-refractivity contribution >= 4 is 5.71 Å². The molecular weight excluding hydrogens is 198 g/mol. The summed E-state index contributed by atoms with van der Waals surface area (Å²) in [6.45, 7) is 6.60. The number of benzene rings is 1. The van der Waals surface area contributed by atoms with Crippen LogP contribution >= 0.6 is 0 Å². The van der Waals surface area contributed by atoms with Crippen LogP contribution in [0.25, 0.3) is 0 Å². The van der Waals surface area contributed by atoms with E-state index in [1.807, 2.05) is 0 Å². The highest BCUT2D eigenvalue weighted by molar-refractivity contribution is 6.03. The summed E-state index contributed by atoms with van der Waals surface area (Å²) in [5.74, 6) is 0.477. The van der Waals surface area contributed by atoms with E-state index >= 15 is 0 Å². The Kier molecular flexibility index (Phi) is 2.75. The van der Waals surface area contributed by atoms with Crippen molar-refractivity contribution in [2.45, 2.75) is 39.0 Å². The van der Waals surface area contributed by atoms with Gasteiger partial charge in [-0.05, 0) is 29.4 Å². The zero-order valence-corrected chi connectivity index (χ0v) is 10.2. The maximum atomic E-state index is 9.01. The second kappa shape index (κ2) is 3.93. The van der Waals surface area contributed by atoms with Crippen LogP contribution in [-0.4, -0.2) is 10.9 Å². The minimum Gasteiger partial charge on any atom is -0.411 e. The summed E-state index contributed by atoms with van der Waals surface area (Å²) in [5.41, 5.74) is 3.39. The molecule has 0 aliphatic heterocycles. The molecule has 2 heteroatoms. The summed E-state index contributed by atoms with van der Waals surface area (Å²) in [4.78, 5) is 0. The third kappa shape index (κ3) is 2.26. The van der Waals surface area contributed by atoms with Crippen LogP contribution in [-0.2, 0) is 5.41 Å². The fourth-order valence-corrected chi connectivity index (χ4v) is 1.87. The highest BCUT2D eigenvalue weighted by atomic mass is 16.4. The Hall–Kier alpha value is -1.31. The normalized spacial score (nSPS) is 17.6. The van der Waals surface area contributed by atoms with E-state index in [-0.39, 0.29) is 5.41 Å². The second-order valence-corrected chi connectivity index (χ2v) is 5.59. The summed E-state index contributed by atoms with van der Waals surface area (Å²) in [5, 5.41) is 12.4. The quantitative estimate of drug-likeness (QED) is 0.458. The Bertz CT molecular complexity index is 394. The largest absolute Gasteiger partial charge is 0.411 e. The van der Waals surface area contributed by atoms with Gasteiger partial charge in [0.1, 0.15) is 0 Å². The van der Waals surface area contributed by atoms with Crippen molar-refractivity contribution in [1.29, 1.82) is 0 Å². The fourth-order valence-electron chi connectivity index (χ4n) is 1.87. The number of nitrogens with zero attached hydrogens (tertiary/aromatic N) is 1. The Balaban J connectivity index is 2.25. The van der Waals surface area contributed by atoms with Crippen molar-refractivity contribution in [2.24, 2.45) is 11.1 Å². The molecule has 0 spiro atoms. The Labute approximate surface area is 97.0 Å². The summed E-state index contributed by atoms with van der Waals surface area (Å²) in [7, 11) is 0. The van der Waals surface area contributed by atoms with Gasteiger partial charge in [0.15, 0.2) is 0 Å². The standard InChI is InChI=1S/C14H19NO/c1-14(2,3)12-8-6-11(7-9-12)13(15-16)10-4-5-10/h6-10,16H,4-5H2,1-3H3/b15-13-. The topological polar surface area (TPSA) is 32.6 Å². The van der Waals surface area contributed by atoms with Gasteiger partial charge in [0, 0.05) is 5.92 Å². The van der Waals surface area contributed by atoms with Crippen LogP contribution in [0.3, 0.4) is 0 Å². The smallest absolute Gasteiger partial charge is 0.0898 e. The zero-order valence-electron chi connectivity index (χ0n) is 10.2. The Morgan fingerprint density at radius 1 is 1.19 bits per heavy atom. The molecule has 0 bridgehead atoms. The Morgan fingerprint density at radius 3 is 2.12 bits per heavy atom. The minimum atomic E-state index is 0.175. The molecule has 2 rings (SSSR count). The maximum Gasteiger partial charge on any atom is 0.0898 e. The molecule has 1 N–H and O–H groups in total. The van der Waals surface area contributed by atoms with Crippen LogP contribution in [0, 0.1) is 5.92 Å². The van der Waals surface area contributed by atoms with Crippen molar-refractivity contribution in [2.75, 3.05) is 0 Å². The minimum absolute atomic E-state index is 0.175. The maximum absolute atomic E-state index is 9.01. The lowest BCUT2D eigenvalue weighted by Gasteiger charge is -2.19. The highest BCUT2D eigenvalue weighted by Gasteiger charge is 2.29. The SMILES string of the molecule is CC(C)(C)c1ccc(/C(=N\O)C2CC2)cc1. The van der Waals surface area contributed by atoms with Gasteiger partial charge in [0.05, 0.1) is 5.71 Å². The lowest BCUT2D eigenvalue weighted by molar-refractivity contribution is 0.317. The van der Waals surface area contributed by atoms with Crippen molar-refractivity contribution in [1.82, 2.24) is 0 Å². The number of hydrogen-bond donors (Lipinski definition) is 1. The van der Waals surface area contributed by atoms with E-state index in [1.54, 1.807) is 0 Å². The molecule has 0 heterocycles. The average Bonchev–Trinajstić information content (AvgIpc) is 3.03. The molecule has 1 aliphatic rings. The predicted octanol–water partition coefficient (Wildman–Crippen LogP) is 3.57. The lowest BCUT2D eigenvalue weighted by Crippen LogP contribution is -2.11. The molecule has 16 heavy (non-hydrogen) atoms. The predicted molar refractivity (Wildman–Crippen MR) is 66.2 cm³/mol. The first-order chi connectivity index (χ1) is 7.52. The van der Waals surface area contributed by atoms with Crippen LogP contribution in [0.2, 0.25) is 0 Å². The monoisotopic (exact) mass is 217 g/mol. The third-order valence-corrected chi connectivity index (χ3v) is 3.12. The van der Waals surface area contributed by atoms with Crippen molar-refractivity contribution < 1.29 is 5.21 Å².